The van der Waals surface area contributed by atoms with Gasteiger partial charge in [0.05, 0.1) is 5.29 Å². The van der Waals surface area contributed by atoms with Crippen molar-refractivity contribution in [1.82, 2.24) is 5.01 Å². The van der Waals surface area contributed by atoms with E-state index in [9.17, 15) is 9.70 Å². The summed E-state index contributed by atoms with van der Waals surface area (Å²) in [7, 11) is 0. The number of nitrogens with zero attached hydrogens (tertiary/aromatic N) is 2. The van der Waals surface area contributed by atoms with Crippen LogP contribution in [0.5, 0.6) is 0 Å². The summed E-state index contributed by atoms with van der Waals surface area (Å²) in [6.45, 7) is -2.76. The van der Waals surface area contributed by atoms with E-state index in [1.54, 1.807) is 0 Å². The average molecular weight is 149 g/mol. The van der Waals surface area contributed by atoms with E-state index in [0.29, 0.717) is 5.01 Å². The maximum absolute atomic E-state index is 10.1. The number of carboxylic acids is 1. The van der Waals surface area contributed by atoms with Crippen LogP contribution in [-0.4, -0.2) is 29.6 Å². The fraction of sp³-hybridized carbons (Fsp3) is 0.800. The third-order valence-corrected chi connectivity index (χ3v) is 0.859. The maximum Gasteiger partial charge on any atom is 0.303 e. The molecule has 0 aromatic carbocycles. The lowest BCUT2D eigenvalue weighted by Gasteiger charge is -2.05. The van der Waals surface area contributed by atoms with Crippen molar-refractivity contribution in [3.63, 3.8) is 0 Å². The van der Waals surface area contributed by atoms with E-state index in [2.05, 4.69) is 5.29 Å². The number of hydrogen-bond donors (Lipinski definition) is 1. The van der Waals surface area contributed by atoms with Gasteiger partial charge >= 0.3 is 5.97 Å². The fourth-order valence-corrected chi connectivity index (χ4v) is 0.421. The van der Waals surface area contributed by atoms with Gasteiger partial charge in [-0.3, -0.25) is 9.80 Å². The summed E-state index contributed by atoms with van der Waals surface area (Å²) < 4.78 is 20.4. The van der Waals surface area contributed by atoms with Crippen molar-refractivity contribution in [2.45, 2.75) is 12.8 Å². The quantitative estimate of drug-likeness (QED) is 0.455. The summed E-state index contributed by atoms with van der Waals surface area (Å²) >= 11 is 0. The summed E-state index contributed by atoms with van der Waals surface area (Å²) in [6.07, 6.45) is -0.0957. The Bertz CT molecular complexity index is 194. The van der Waals surface area contributed by atoms with Crippen molar-refractivity contribution in [2.75, 3.05) is 13.5 Å². The van der Waals surface area contributed by atoms with Crippen LogP contribution in [0.3, 0.4) is 0 Å². The van der Waals surface area contributed by atoms with Crippen LogP contribution >= 0.6 is 0 Å². The topological polar surface area (TPSA) is 70.0 Å². The molecule has 0 aliphatic rings. The molecule has 0 bridgehead atoms. The summed E-state index contributed by atoms with van der Waals surface area (Å²) in [6, 6.07) is 0. The predicted molar refractivity (Wildman–Crippen MR) is 35.3 cm³/mol. The van der Waals surface area contributed by atoms with E-state index in [-0.39, 0.29) is 19.4 Å². The highest BCUT2D eigenvalue weighted by Crippen LogP contribution is 1.91. The Morgan fingerprint density at radius 2 is 2.60 bits per heavy atom. The normalized spacial score (nSPS) is 14.6. The molecule has 0 aromatic heterocycles. The molecule has 0 aliphatic carbocycles. The second-order valence-electron chi connectivity index (χ2n) is 1.70. The molecule has 0 saturated carbocycles. The van der Waals surface area contributed by atoms with E-state index < -0.39 is 12.9 Å². The highest BCUT2D eigenvalue weighted by molar-refractivity contribution is 5.66. The van der Waals surface area contributed by atoms with Crippen LogP contribution in [0.2, 0.25) is 0 Å². The summed E-state index contributed by atoms with van der Waals surface area (Å²) in [5, 5.41) is 10.9. The van der Waals surface area contributed by atoms with Gasteiger partial charge in [0.15, 0.2) is 0 Å². The average Bonchev–Trinajstić information content (AvgIpc) is 1.95. The lowest BCUT2D eigenvalue weighted by atomic mass is 10.3. The van der Waals surface area contributed by atoms with Crippen LogP contribution < -0.4 is 0 Å². The molecule has 0 rings (SSSR count). The minimum atomic E-state index is -2.58. The molecule has 58 valence electrons. The number of nitroso groups, excluding NO2 is 1. The van der Waals surface area contributed by atoms with Crippen LogP contribution in [0.1, 0.15) is 17.0 Å². The molecule has 0 heterocycles. The molecular weight excluding hydrogens is 136 g/mol. The smallest absolute Gasteiger partial charge is 0.303 e. The third kappa shape index (κ3) is 5.02. The van der Waals surface area contributed by atoms with Crippen molar-refractivity contribution in [2.24, 2.45) is 5.29 Å². The largest absolute Gasteiger partial charge is 0.481 e. The van der Waals surface area contributed by atoms with Gasteiger partial charge in [0.25, 0.3) is 0 Å². The monoisotopic (exact) mass is 149 g/mol. The van der Waals surface area contributed by atoms with E-state index in [1.807, 2.05) is 0 Å². The zero-order valence-corrected chi connectivity index (χ0v) is 5.28. The molecule has 0 spiro atoms. The molecule has 5 nitrogen and oxygen atoms in total. The Hall–Kier alpha value is -1.13. The number of aliphatic carboxylic acids is 1. The first-order valence-corrected chi connectivity index (χ1v) is 2.70. The molecule has 10 heavy (non-hydrogen) atoms. The second-order valence-corrected chi connectivity index (χ2v) is 1.70. The number of carbonyl (C=O) groups is 1. The Morgan fingerprint density at radius 1 is 1.90 bits per heavy atom. The summed E-state index contributed by atoms with van der Waals surface area (Å²) in [4.78, 5) is 20.0. The van der Waals surface area contributed by atoms with Crippen LogP contribution in [0.15, 0.2) is 5.29 Å². The van der Waals surface area contributed by atoms with Crippen molar-refractivity contribution < 1.29 is 14.0 Å². The van der Waals surface area contributed by atoms with Crippen molar-refractivity contribution >= 4 is 5.97 Å². The van der Waals surface area contributed by atoms with Gasteiger partial charge in [-0.05, 0) is 6.42 Å². The first-order chi connectivity index (χ1) is 5.88. The van der Waals surface area contributed by atoms with Crippen molar-refractivity contribution in [3.8, 4) is 0 Å². The van der Waals surface area contributed by atoms with Gasteiger partial charge in [-0.1, -0.05) is 0 Å². The van der Waals surface area contributed by atoms with E-state index in [1.165, 1.54) is 0 Å². The first-order valence-electron chi connectivity index (χ1n) is 4.20. The highest BCUT2D eigenvalue weighted by atomic mass is 16.4. The van der Waals surface area contributed by atoms with Gasteiger partial charge in [-0.2, -0.15) is 0 Å². The van der Waals surface area contributed by atoms with E-state index >= 15 is 0 Å². The minimum Gasteiger partial charge on any atom is -0.481 e. The number of carboxylic acid groups (broad SMARTS) is 1. The van der Waals surface area contributed by atoms with Gasteiger partial charge in [-0.25, -0.2) is 0 Å². The lowest BCUT2D eigenvalue weighted by molar-refractivity contribution is -0.137. The highest BCUT2D eigenvalue weighted by Gasteiger charge is 1.98. The molecule has 0 amide bonds. The van der Waals surface area contributed by atoms with Crippen LogP contribution in [0, 0.1) is 4.91 Å². The molecule has 0 aromatic rings. The first kappa shape index (κ1) is 4.65. The Balaban J connectivity index is 3.87. The van der Waals surface area contributed by atoms with Gasteiger partial charge in [0.1, 0.15) is 0 Å². The Kier molecular flexibility index (Phi) is 2.20. The molecule has 0 atom stereocenters. The standard InChI is InChI=1S/C5H10N2O3/c1-7(6-10)4-2-3-5(8)9/h2-4H2,1H3,(H,8,9)/i1D3. The molecule has 5 heteroatoms. The minimum absolute atomic E-state index is 0.0828. The van der Waals surface area contributed by atoms with Crippen LogP contribution in [0.4, 0.5) is 0 Å². The van der Waals surface area contributed by atoms with Gasteiger partial charge < -0.3 is 5.11 Å². The number of rotatable bonds is 5. The van der Waals surface area contributed by atoms with Gasteiger partial charge in [-0.15, -0.1) is 4.91 Å². The molecule has 0 saturated heterocycles. The fourth-order valence-electron chi connectivity index (χ4n) is 0.421. The molecule has 0 fully saturated rings. The summed E-state index contributed by atoms with van der Waals surface area (Å²) in [5.74, 6) is -1.03. The third-order valence-electron chi connectivity index (χ3n) is 0.859. The predicted octanol–water partition coefficient (Wildman–Crippen LogP) is 0.464. The summed E-state index contributed by atoms with van der Waals surface area (Å²) in [5.41, 5.74) is 0. The van der Waals surface area contributed by atoms with Gasteiger partial charge in [0.2, 0.25) is 0 Å². The molecule has 0 unspecified atom stereocenters. The van der Waals surface area contributed by atoms with E-state index in [4.69, 9.17) is 9.22 Å². The van der Waals surface area contributed by atoms with Gasteiger partial charge in [0, 0.05) is 24.1 Å². The maximum atomic E-state index is 10.1. The SMILES string of the molecule is [2H]C([2H])([2H])N(CCCC(=O)O)N=O. The Morgan fingerprint density at radius 3 is 3.00 bits per heavy atom. The van der Waals surface area contributed by atoms with Crippen LogP contribution in [0.25, 0.3) is 0 Å². The lowest BCUT2D eigenvalue weighted by Crippen LogP contribution is -2.12. The molecular formula is C5H10N2O3. The number of hydrogen-bond acceptors (Lipinski definition) is 3. The van der Waals surface area contributed by atoms with Crippen molar-refractivity contribution in [1.29, 1.82) is 0 Å². The Labute approximate surface area is 62.8 Å². The van der Waals surface area contributed by atoms with Crippen molar-refractivity contribution in [3.05, 3.63) is 4.91 Å². The zero-order chi connectivity index (χ0) is 10.5. The zero-order valence-electron chi connectivity index (χ0n) is 8.28. The molecule has 0 aliphatic heterocycles. The second kappa shape index (κ2) is 4.72. The molecule has 1 N–H and O–H groups in total. The van der Waals surface area contributed by atoms with Crippen LogP contribution in [-0.2, 0) is 4.79 Å². The molecule has 0 radical (unpaired) electrons. The van der Waals surface area contributed by atoms with E-state index in [0.717, 1.165) is 0 Å².